The van der Waals surface area contributed by atoms with Gasteiger partial charge in [0, 0.05) is 25.2 Å². The number of nitrogens with one attached hydrogen (secondary N) is 2. The Morgan fingerprint density at radius 2 is 1.75 bits per heavy atom. The number of aromatic amines is 1. The molecular formula is C21H24N6O. The standard InChI is InChI=1S/C21H24N6O/c1-3-27(4-2)18-12-10-17(11-13-18)15-22-25-21-23-20(28)19(24-26-21)14-16-8-6-5-7-9-16/h5-13,15H,3-4,14H2,1-2H3,(H2,23,25,26,28). The summed E-state index contributed by atoms with van der Waals surface area (Å²) in [5, 5.41) is 12.1. The zero-order valence-corrected chi connectivity index (χ0v) is 16.1. The van der Waals surface area contributed by atoms with E-state index in [1.165, 1.54) is 5.69 Å². The summed E-state index contributed by atoms with van der Waals surface area (Å²) in [6.45, 7) is 6.21. The summed E-state index contributed by atoms with van der Waals surface area (Å²) in [6, 6.07) is 17.8. The number of nitrogens with zero attached hydrogens (tertiary/aromatic N) is 4. The lowest BCUT2D eigenvalue weighted by Crippen LogP contribution is -2.21. The fourth-order valence-electron chi connectivity index (χ4n) is 2.84. The van der Waals surface area contributed by atoms with Gasteiger partial charge in [0.2, 0.25) is 5.95 Å². The van der Waals surface area contributed by atoms with E-state index in [1.54, 1.807) is 6.21 Å². The van der Waals surface area contributed by atoms with E-state index in [4.69, 9.17) is 0 Å². The van der Waals surface area contributed by atoms with Crippen molar-refractivity contribution in [3.63, 3.8) is 0 Å². The molecule has 0 bridgehead atoms. The third kappa shape index (κ3) is 5.03. The summed E-state index contributed by atoms with van der Waals surface area (Å²) in [6.07, 6.45) is 2.11. The summed E-state index contributed by atoms with van der Waals surface area (Å²) in [4.78, 5) is 17.1. The van der Waals surface area contributed by atoms with Crippen molar-refractivity contribution in [2.24, 2.45) is 5.10 Å². The molecule has 0 amide bonds. The highest BCUT2D eigenvalue weighted by Crippen LogP contribution is 2.14. The second kappa shape index (κ2) is 9.45. The van der Waals surface area contributed by atoms with E-state index in [2.05, 4.69) is 56.6 Å². The summed E-state index contributed by atoms with van der Waals surface area (Å²) in [5.41, 5.74) is 5.94. The minimum atomic E-state index is -0.278. The first-order chi connectivity index (χ1) is 13.7. The van der Waals surface area contributed by atoms with Crippen LogP contribution in [-0.4, -0.2) is 34.5 Å². The average molecular weight is 376 g/mol. The van der Waals surface area contributed by atoms with E-state index in [1.807, 2.05) is 42.5 Å². The molecule has 0 unspecified atom stereocenters. The van der Waals surface area contributed by atoms with Crippen LogP contribution in [0.15, 0.2) is 64.5 Å². The number of anilines is 2. The molecule has 0 aliphatic rings. The Hall–Kier alpha value is -3.48. The molecule has 0 atom stereocenters. The molecular weight excluding hydrogens is 352 g/mol. The van der Waals surface area contributed by atoms with Crippen LogP contribution in [0.3, 0.4) is 0 Å². The molecule has 3 aromatic rings. The SMILES string of the molecule is CCN(CC)c1ccc(C=NNc2nnc(Cc3ccccc3)c(=O)[nH]2)cc1. The lowest BCUT2D eigenvalue weighted by atomic mass is 10.1. The highest BCUT2D eigenvalue weighted by atomic mass is 16.1. The quantitative estimate of drug-likeness (QED) is 0.466. The minimum absolute atomic E-state index is 0.206. The van der Waals surface area contributed by atoms with Gasteiger partial charge in [-0.05, 0) is 37.1 Å². The smallest absolute Gasteiger partial charge is 0.274 e. The highest BCUT2D eigenvalue weighted by Gasteiger charge is 2.05. The number of H-pyrrole nitrogens is 1. The van der Waals surface area contributed by atoms with Gasteiger partial charge in [-0.2, -0.15) is 5.10 Å². The average Bonchev–Trinajstić information content (AvgIpc) is 2.73. The van der Waals surface area contributed by atoms with Crippen molar-refractivity contribution in [3.8, 4) is 0 Å². The van der Waals surface area contributed by atoms with Gasteiger partial charge in [0.15, 0.2) is 0 Å². The highest BCUT2D eigenvalue weighted by molar-refractivity contribution is 5.80. The van der Waals surface area contributed by atoms with E-state index < -0.39 is 0 Å². The van der Waals surface area contributed by atoms with Crippen LogP contribution in [-0.2, 0) is 6.42 Å². The molecule has 0 saturated carbocycles. The van der Waals surface area contributed by atoms with E-state index >= 15 is 0 Å². The molecule has 7 heteroatoms. The predicted molar refractivity (Wildman–Crippen MR) is 113 cm³/mol. The molecule has 0 spiro atoms. The Kier molecular flexibility index (Phi) is 6.51. The van der Waals surface area contributed by atoms with Gasteiger partial charge in [-0.15, -0.1) is 10.2 Å². The Morgan fingerprint density at radius 3 is 2.39 bits per heavy atom. The molecule has 0 saturated heterocycles. The molecule has 1 aromatic heterocycles. The molecule has 144 valence electrons. The zero-order chi connectivity index (χ0) is 19.8. The normalized spacial score (nSPS) is 10.9. The Balaban J connectivity index is 1.61. The van der Waals surface area contributed by atoms with Crippen LogP contribution in [0.5, 0.6) is 0 Å². The van der Waals surface area contributed by atoms with E-state index in [-0.39, 0.29) is 11.5 Å². The van der Waals surface area contributed by atoms with E-state index in [9.17, 15) is 4.79 Å². The van der Waals surface area contributed by atoms with Gasteiger partial charge < -0.3 is 4.90 Å². The lowest BCUT2D eigenvalue weighted by molar-refractivity contribution is 0.866. The molecule has 2 N–H and O–H groups in total. The van der Waals surface area contributed by atoms with Gasteiger partial charge in [0.05, 0.1) is 6.21 Å². The first-order valence-corrected chi connectivity index (χ1v) is 9.33. The number of rotatable bonds is 8. The maximum atomic E-state index is 12.2. The second-order valence-corrected chi connectivity index (χ2v) is 6.25. The van der Waals surface area contributed by atoms with Gasteiger partial charge in [-0.25, -0.2) is 5.43 Å². The van der Waals surface area contributed by atoms with Gasteiger partial charge in [0.25, 0.3) is 5.56 Å². The summed E-state index contributed by atoms with van der Waals surface area (Å²) < 4.78 is 0. The fraction of sp³-hybridized carbons (Fsp3) is 0.238. The predicted octanol–water partition coefficient (Wildman–Crippen LogP) is 3.05. The van der Waals surface area contributed by atoms with Crippen LogP contribution < -0.4 is 15.9 Å². The van der Waals surface area contributed by atoms with Crippen LogP contribution in [0.25, 0.3) is 0 Å². The van der Waals surface area contributed by atoms with Crippen LogP contribution in [0.2, 0.25) is 0 Å². The molecule has 28 heavy (non-hydrogen) atoms. The molecule has 0 fully saturated rings. The van der Waals surface area contributed by atoms with Crippen LogP contribution in [0.1, 0.15) is 30.7 Å². The van der Waals surface area contributed by atoms with Gasteiger partial charge in [0.1, 0.15) is 5.69 Å². The monoisotopic (exact) mass is 376 g/mol. The van der Waals surface area contributed by atoms with Crippen molar-refractivity contribution in [2.75, 3.05) is 23.4 Å². The molecule has 3 rings (SSSR count). The number of hydrazone groups is 1. The van der Waals surface area contributed by atoms with Crippen molar-refractivity contribution >= 4 is 17.9 Å². The molecule has 2 aromatic carbocycles. The Morgan fingerprint density at radius 1 is 1.04 bits per heavy atom. The zero-order valence-electron chi connectivity index (χ0n) is 16.1. The maximum absolute atomic E-state index is 12.2. The van der Waals surface area contributed by atoms with Crippen molar-refractivity contribution < 1.29 is 0 Å². The van der Waals surface area contributed by atoms with Crippen LogP contribution >= 0.6 is 0 Å². The first-order valence-electron chi connectivity index (χ1n) is 9.33. The van der Waals surface area contributed by atoms with Gasteiger partial charge >= 0.3 is 0 Å². The third-order valence-electron chi connectivity index (χ3n) is 4.38. The number of benzene rings is 2. The number of hydrogen-bond acceptors (Lipinski definition) is 6. The largest absolute Gasteiger partial charge is 0.372 e. The molecule has 0 aliphatic carbocycles. The first kappa shape index (κ1) is 19.3. The lowest BCUT2D eigenvalue weighted by Gasteiger charge is -2.20. The van der Waals surface area contributed by atoms with Crippen LogP contribution in [0, 0.1) is 0 Å². The molecule has 0 aliphatic heterocycles. The summed E-state index contributed by atoms with van der Waals surface area (Å²) in [7, 11) is 0. The number of aromatic nitrogens is 3. The molecule has 7 nitrogen and oxygen atoms in total. The summed E-state index contributed by atoms with van der Waals surface area (Å²) >= 11 is 0. The fourth-order valence-corrected chi connectivity index (χ4v) is 2.84. The molecule has 1 heterocycles. The van der Waals surface area contributed by atoms with Gasteiger partial charge in [-0.3, -0.25) is 9.78 Å². The van der Waals surface area contributed by atoms with E-state index in [0.717, 1.165) is 24.2 Å². The second-order valence-electron chi connectivity index (χ2n) is 6.25. The number of hydrogen-bond donors (Lipinski definition) is 2. The third-order valence-corrected chi connectivity index (χ3v) is 4.38. The summed E-state index contributed by atoms with van der Waals surface area (Å²) in [5.74, 6) is 0.206. The van der Waals surface area contributed by atoms with Crippen molar-refractivity contribution in [1.82, 2.24) is 15.2 Å². The molecule has 0 radical (unpaired) electrons. The van der Waals surface area contributed by atoms with E-state index in [0.29, 0.717) is 12.1 Å². The topological polar surface area (TPSA) is 86.3 Å². The Bertz CT molecular complexity index is 962. The minimum Gasteiger partial charge on any atom is -0.372 e. The van der Waals surface area contributed by atoms with Crippen molar-refractivity contribution in [3.05, 3.63) is 81.8 Å². The Labute approximate surface area is 164 Å². The van der Waals surface area contributed by atoms with Crippen molar-refractivity contribution in [1.29, 1.82) is 0 Å². The van der Waals surface area contributed by atoms with Crippen molar-refractivity contribution in [2.45, 2.75) is 20.3 Å². The van der Waals surface area contributed by atoms with Gasteiger partial charge in [-0.1, -0.05) is 42.5 Å². The van der Waals surface area contributed by atoms with Crippen LogP contribution in [0.4, 0.5) is 11.6 Å². The maximum Gasteiger partial charge on any atom is 0.274 e.